The zero-order valence-electron chi connectivity index (χ0n) is 15.8. The summed E-state index contributed by atoms with van der Waals surface area (Å²) >= 11 is 18.1. The first-order chi connectivity index (χ1) is 14.6. The van der Waals surface area contributed by atoms with Gasteiger partial charge in [-0.25, -0.2) is 5.43 Å². The van der Waals surface area contributed by atoms with Crippen LogP contribution < -0.4 is 10.9 Å². The van der Waals surface area contributed by atoms with Gasteiger partial charge in [0.15, 0.2) is 0 Å². The second-order valence-electron chi connectivity index (χ2n) is 7.65. The molecule has 0 radical (unpaired) electrons. The van der Waals surface area contributed by atoms with Gasteiger partial charge in [0.25, 0.3) is 5.60 Å². The number of allylic oxidation sites excluding steroid dienone is 2. The molecule has 5 nitrogen and oxygen atoms in total. The fourth-order valence-corrected chi connectivity index (χ4v) is 4.15. The van der Waals surface area contributed by atoms with E-state index in [1.807, 2.05) is 0 Å². The lowest BCUT2D eigenvalue weighted by atomic mass is 9.85. The largest absolute Gasteiger partial charge is 0.435 e. The summed E-state index contributed by atoms with van der Waals surface area (Å²) in [6.07, 6.45) is 1.13. The Labute approximate surface area is 191 Å². The molecule has 1 aromatic carbocycles. The van der Waals surface area contributed by atoms with E-state index >= 15 is 0 Å². The van der Waals surface area contributed by atoms with Crippen molar-refractivity contribution in [2.24, 2.45) is 11.1 Å². The lowest BCUT2D eigenvalue weighted by molar-refractivity contribution is -0.275. The highest BCUT2D eigenvalue weighted by Crippen LogP contribution is 2.50. The predicted molar refractivity (Wildman–Crippen MR) is 112 cm³/mol. The summed E-state index contributed by atoms with van der Waals surface area (Å²) in [5.41, 5.74) is 2.98. The number of nitrogens with one attached hydrogen (secondary N) is 2. The SMILES string of the molecule is O=C(NNC1C=C(C2=NOC(c3cc(Cl)cc(Cl)c3)(C(F)(F)F)C2)C=CC1Cl)C1CC1. The van der Waals surface area contributed by atoms with Crippen LogP contribution in [0.2, 0.25) is 10.0 Å². The Balaban J connectivity index is 1.56. The number of oxime groups is 1. The molecule has 1 aliphatic heterocycles. The number of rotatable bonds is 5. The zero-order chi connectivity index (χ0) is 22.4. The second kappa shape index (κ2) is 8.31. The van der Waals surface area contributed by atoms with Crippen LogP contribution in [0.15, 0.2) is 47.2 Å². The van der Waals surface area contributed by atoms with Crippen molar-refractivity contribution in [1.29, 1.82) is 0 Å². The predicted octanol–water partition coefficient (Wildman–Crippen LogP) is 5.03. The topological polar surface area (TPSA) is 62.7 Å². The van der Waals surface area contributed by atoms with E-state index in [1.165, 1.54) is 6.07 Å². The lowest BCUT2D eigenvalue weighted by Crippen LogP contribution is -2.48. The van der Waals surface area contributed by atoms with Gasteiger partial charge in [-0.2, -0.15) is 13.2 Å². The number of amides is 1. The van der Waals surface area contributed by atoms with Crippen LogP contribution in [-0.2, 0) is 15.2 Å². The van der Waals surface area contributed by atoms with Crippen LogP contribution in [0.25, 0.3) is 0 Å². The molecule has 31 heavy (non-hydrogen) atoms. The molecule has 1 heterocycles. The number of alkyl halides is 4. The number of hydrogen-bond donors (Lipinski definition) is 2. The van der Waals surface area contributed by atoms with E-state index < -0.39 is 29.6 Å². The minimum atomic E-state index is -4.78. The number of hydrazine groups is 1. The summed E-state index contributed by atoms with van der Waals surface area (Å²) in [6.45, 7) is 0. The van der Waals surface area contributed by atoms with Gasteiger partial charge in [0, 0.05) is 27.9 Å². The summed E-state index contributed by atoms with van der Waals surface area (Å²) in [4.78, 5) is 16.9. The van der Waals surface area contributed by atoms with E-state index in [9.17, 15) is 18.0 Å². The van der Waals surface area contributed by atoms with Gasteiger partial charge in [0.2, 0.25) is 5.91 Å². The maximum atomic E-state index is 14.1. The van der Waals surface area contributed by atoms with E-state index in [4.69, 9.17) is 39.6 Å². The van der Waals surface area contributed by atoms with Gasteiger partial charge in [-0.3, -0.25) is 10.2 Å². The Morgan fingerprint density at radius 2 is 1.87 bits per heavy atom. The highest BCUT2D eigenvalue weighted by molar-refractivity contribution is 6.34. The summed E-state index contributed by atoms with van der Waals surface area (Å²) in [5.74, 6) is -0.141. The van der Waals surface area contributed by atoms with Gasteiger partial charge in [-0.1, -0.05) is 46.6 Å². The molecular weight excluding hydrogens is 478 g/mol. The highest BCUT2D eigenvalue weighted by atomic mass is 35.5. The van der Waals surface area contributed by atoms with Crippen molar-refractivity contribution in [3.05, 3.63) is 57.6 Å². The average Bonchev–Trinajstić information content (AvgIpc) is 3.43. The zero-order valence-corrected chi connectivity index (χ0v) is 18.1. The van der Waals surface area contributed by atoms with Crippen molar-refractivity contribution in [3.8, 4) is 0 Å². The molecule has 1 fully saturated rings. The second-order valence-corrected chi connectivity index (χ2v) is 9.02. The molecule has 2 aliphatic carbocycles. The first kappa shape index (κ1) is 22.5. The van der Waals surface area contributed by atoms with Crippen LogP contribution in [0.4, 0.5) is 13.2 Å². The van der Waals surface area contributed by atoms with Crippen molar-refractivity contribution in [1.82, 2.24) is 10.9 Å². The monoisotopic (exact) mass is 493 g/mol. The van der Waals surface area contributed by atoms with E-state index in [0.29, 0.717) is 5.57 Å². The molecule has 2 N–H and O–H groups in total. The minimum Gasteiger partial charge on any atom is -0.374 e. The molecule has 4 rings (SSSR count). The molecule has 11 heteroatoms. The summed E-state index contributed by atoms with van der Waals surface area (Å²) in [6, 6.07) is 3.13. The summed E-state index contributed by atoms with van der Waals surface area (Å²) in [5, 5.41) is 3.34. The number of nitrogens with zero attached hydrogens (tertiary/aromatic N) is 1. The van der Waals surface area contributed by atoms with Gasteiger partial charge in [-0.15, -0.1) is 11.6 Å². The number of benzene rings is 1. The summed E-state index contributed by atoms with van der Waals surface area (Å²) in [7, 11) is 0. The molecule has 1 aromatic rings. The Morgan fingerprint density at radius 1 is 1.19 bits per heavy atom. The average molecular weight is 495 g/mol. The number of carbonyl (C=O) groups is 1. The van der Waals surface area contributed by atoms with E-state index in [-0.39, 0.29) is 33.1 Å². The highest BCUT2D eigenvalue weighted by Gasteiger charge is 2.62. The first-order valence-corrected chi connectivity index (χ1v) is 10.7. The standard InChI is InChI=1S/C20H17Cl3F3N3O2/c21-13-6-12(7-14(22)8-13)19(20(24,25)26)9-17(29-31-19)11-3-4-15(23)16(5-11)27-28-18(30)10-1-2-10/h3-8,10,15-16,27H,1-2,9H2,(H,28,30). The number of carbonyl (C=O) groups excluding carboxylic acids is 1. The van der Waals surface area contributed by atoms with Crippen molar-refractivity contribution in [3.63, 3.8) is 0 Å². The molecule has 0 aromatic heterocycles. The van der Waals surface area contributed by atoms with Crippen LogP contribution in [0.3, 0.4) is 0 Å². The quantitative estimate of drug-likeness (QED) is 0.446. The number of hydrogen-bond acceptors (Lipinski definition) is 4. The van der Waals surface area contributed by atoms with Crippen molar-refractivity contribution in [2.45, 2.75) is 42.5 Å². The van der Waals surface area contributed by atoms with Crippen molar-refractivity contribution < 1.29 is 22.8 Å². The maximum Gasteiger partial charge on any atom is 0.435 e. The van der Waals surface area contributed by atoms with Gasteiger partial charge in [0.1, 0.15) is 0 Å². The Hall–Kier alpha value is -1.74. The van der Waals surface area contributed by atoms with E-state index in [1.54, 1.807) is 18.2 Å². The molecule has 3 unspecified atom stereocenters. The van der Waals surface area contributed by atoms with Crippen LogP contribution >= 0.6 is 34.8 Å². The van der Waals surface area contributed by atoms with Crippen molar-refractivity contribution >= 4 is 46.4 Å². The van der Waals surface area contributed by atoms with Crippen LogP contribution in [0.1, 0.15) is 24.8 Å². The molecule has 0 bridgehead atoms. The molecule has 0 spiro atoms. The van der Waals surface area contributed by atoms with Crippen LogP contribution in [0, 0.1) is 5.92 Å². The third kappa shape index (κ3) is 4.58. The lowest BCUT2D eigenvalue weighted by Gasteiger charge is -2.30. The van der Waals surface area contributed by atoms with Gasteiger partial charge < -0.3 is 4.84 Å². The number of halogens is 6. The fourth-order valence-electron chi connectivity index (χ4n) is 3.42. The van der Waals surface area contributed by atoms with E-state index in [2.05, 4.69) is 16.0 Å². The molecule has 1 amide bonds. The van der Waals surface area contributed by atoms with Gasteiger partial charge in [0.05, 0.1) is 17.1 Å². The third-order valence-electron chi connectivity index (χ3n) is 5.32. The Morgan fingerprint density at radius 3 is 2.48 bits per heavy atom. The molecule has 1 saturated carbocycles. The molecule has 0 saturated heterocycles. The Bertz CT molecular complexity index is 971. The maximum absolute atomic E-state index is 14.1. The molecule has 3 atom stereocenters. The summed E-state index contributed by atoms with van der Waals surface area (Å²) < 4.78 is 42.4. The Kier molecular flexibility index (Phi) is 6.02. The third-order valence-corrected chi connectivity index (χ3v) is 6.17. The smallest absolute Gasteiger partial charge is 0.374 e. The van der Waals surface area contributed by atoms with Gasteiger partial charge in [-0.05, 0) is 36.6 Å². The van der Waals surface area contributed by atoms with Crippen molar-refractivity contribution in [2.75, 3.05) is 0 Å². The van der Waals surface area contributed by atoms with Gasteiger partial charge >= 0.3 is 6.18 Å². The molecular formula is C20H17Cl3F3N3O2. The fraction of sp³-hybridized carbons (Fsp3) is 0.400. The molecule has 3 aliphatic rings. The van der Waals surface area contributed by atoms with E-state index in [0.717, 1.165) is 25.0 Å². The molecule has 166 valence electrons. The normalized spacial score (nSPS) is 28.1. The van der Waals surface area contributed by atoms with Crippen LogP contribution in [-0.4, -0.2) is 29.2 Å². The minimum absolute atomic E-state index is 0.00612. The first-order valence-electron chi connectivity index (χ1n) is 9.47. The van der Waals surface area contributed by atoms with Crippen LogP contribution in [0.5, 0.6) is 0 Å².